The van der Waals surface area contributed by atoms with Crippen LogP contribution >= 0.6 is 0 Å². The standard InChI is InChI=1S/C13H14FNO3/c14-11-5-4-9(7-10(11)13(17)18)15-12(16)6-8-2-1-3-8/h4-5,7-8H,1-3,6H2,(H,15,16)(H,17,18). The molecular weight excluding hydrogens is 237 g/mol. The summed E-state index contributed by atoms with van der Waals surface area (Å²) in [6, 6.07) is 3.54. The molecule has 1 saturated carbocycles. The monoisotopic (exact) mass is 251 g/mol. The lowest BCUT2D eigenvalue weighted by Crippen LogP contribution is -2.21. The smallest absolute Gasteiger partial charge is 0.338 e. The van der Waals surface area contributed by atoms with Crippen LogP contribution < -0.4 is 5.32 Å². The first-order valence-corrected chi connectivity index (χ1v) is 5.89. The summed E-state index contributed by atoms with van der Waals surface area (Å²) in [4.78, 5) is 22.4. The van der Waals surface area contributed by atoms with Crippen molar-refractivity contribution in [1.29, 1.82) is 0 Å². The zero-order valence-electron chi connectivity index (χ0n) is 9.78. The van der Waals surface area contributed by atoms with Crippen LogP contribution in [0.5, 0.6) is 0 Å². The minimum absolute atomic E-state index is 0.150. The quantitative estimate of drug-likeness (QED) is 0.864. The van der Waals surface area contributed by atoms with E-state index in [0.29, 0.717) is 18.0 Å². The fraction of sp³-hybridized carbons (Fsp3) is 0.385. The molecule has 4 nitrogen and oxygen atoms in total. The van der Waals surface area contributed by atoms with Gasteiger partial charge in [-0.25, -0.2) is 9.18 Å². The maximum Gasteiger partial charge on any atom is 0.338 e. The molecule has 1 fully saturated rings. The highest BCUT2D eigenvalue weighted by atomic mass is 19.1. The number of hydrogen-bond acceptors (Lipinski definition) is 2. The van der Waals surface area contributed by atoms with Crippen LogP contribution in [-0.4, -0.2) is 17.0 Å². The molecule has 2 N–H and O–H groups in total. The molecule has 1 aromatic rings. The molecule has 0 atom stereocenters. The molecule has 2 rings (SSSR count). The number of benzene rings is 1. The van der Waals surface area contributed by atoms with E-state index in [-0.39, 0.29) is 5.91 Å². The van der Waals surface area contributed by atoms with Crippen LogP contribution in [0.4, 0.5) is 10.1 Å². The fourth-order valence-electron chi connectivity index (χ4n) is 1.94. The third-order valence-corrected chi connectivity index (χ3v) is 3.18. The normalized spacial score (nSPS) is 14.9. The van der Waals surface area contributed by atoms with Crippen LogP contribution in [0.1, 0.15) is 36.0 Å². The van der Waals surface area contributed by atoms with Crippen LogP contribution in [-0.2, 0) is 4.79 Å². The number of carbonyl (C=O) groups is 2. The molecule has 0 spiro atoms. The fourth-order valence-corrected chi connectivity index (χ4v) is 1.94. The highest BCUT2D eigenvalue weighted by molar-refractivity contribution is 5.94. The van der Waals surface area contributed by atoms with Crippen LogP contribution in [0.25, 0.3) is 0 Å². The largest absolute Gasteiger partial charge is 0.478 e. The number of carboxylic acid groups (broad SMARTS) is 1. The molecule has 96 valence electrons. The van der Waals surface area contributed by atoms with Crippen LogP contribution in [0, 0.1) is 11.7 Å². The van der Waals surface area contributed by atoms with Crippen LogP contribution in [0.2, 0.25) is 0 Å². The predicted molar refractivity (Wildman–Crippen MR) is 63.9 cm³/mol. The second kappa shape index (κ2) is 5.16. The van der Waals surface area contributed by atoms with Crippen molar-refractivity contribution in [3.63, 3.8) is 0 Å². The van der Waals surface area contributed by atoms with Gasteiger partial charge in [-0.15, -0.1) is 0 Å². The number of carboxylic acids is 1. The molecule has 0 aliphatic heterocycles. The molecule has 5 heteroatoms. The number of anilines is 1. The molecule has 0 heterocycles. The van der Waals surface area contributed by atoms with E-state index < -0.39 is 17.3 Å². The van der Waals surface area contributed by atoms with Gasteiger partial charge < -0.3 is 10.4 Å². The van der Waals surface area contributed by atoms with Crippen molar-refractivity contribution in [1.82, 2.24) is 0 Å². The van der Waals surface area contributed by atoms with Gasteiger partial charge in [-0.1, -0.05) is 6.42 Å². The average Bonchev–Trinajstić information content (AvgIpc) is 2.26. The van der Waals surface area contributed by atoms with Gasteiger partial charge in [-0.05, 0) is 37.0 Å². The number of amides is 1. The molecule has 1 aliphatic rings. The first kappa shape index (κ1) is 12.5. The highest BCUT2D eigenvalue weighted by Gasteiger charge is 2.21. The molecule has 0 saturated heterocycles. The zero-order valence-corrected chi connectivity index (χ0v) is 9.78. The predicted octanol–water partition coefficient (Wildman–Crippen LogP) is 2.65. The van der Waals surface area contributed by atoms with Gasteiger partial charge in [0.15, 0.2) is 0 Å². The van der Waals surface area contributed by atoms with Crippen molar-refractivity contribution in [2.24, 2.45) is 5.92 Å². The van der Waals surface area contributed by atoms with Crippen LogP contribution in [0.3, 0.4) is 0 Å². The number of nitrogens with one attached hydrogen (secondary N) is 1. The Morgan fingerprint density at radius 3 is 2.67 bits per heavy atom. The van der Waals surface area contributed by atoms with Gasteiger partial charge in [-0.2, -0.15) is 0 Å². The Balaban J connectivity index is 2.02. The van der Waals surface area contributed by atoms with E-state index in [9.17, 15) is 14.0 Å². The van der Waals surface area contributed by atoms with Gasteiger partial charge in [0.1, 0.15) is 5.82 Å². The van der Waals surface area contributed by atoms with Crippen molar-refractivity contribution in [3.05, 3.63) is 29.6 Å². The Kier molecular flexibility index (Phi) is 3.60. The van der Waals surface area contributed by atoms with Gasteiger partial charge >= 0.3 is 5.97 Å². The molecule has 0 radical (unpaired) electrons. The molecule has 1 amide bonds. The van der Waals surface area contributed by atoms with Gasteiger partial charge in [0.2, 0.25) is 5.91 Å². The maximum absolute atomic E-state index is 13.1. The number of aromatic carboxylic acids is 1. The summed E-state index contributed by atoms with van der Waals surface area (Å²) in [5.74, 6) is -1.87. The van der Waals surface area contributed by atoms with Gasteiger partial charge in [0, 0.05) is 12.1 Å². The van der Waals surface area contributed by atoms with E-state index in [2.05, 4.69) is 5.32 Å². The second-order valence-electron chi connectivity index (χ2n) is 4.55. The molecule has 1 aromatic carbocycles. The van der Waals surface area contributed by atoms with Crippen molar-refractivity contribution in [3.8, 4) is 0 Å². The first-order chi connectivity index (χ1) is 8.56. The number of carbonyl (C=O) groups excluding carboxylic acids is 1. The maximum atomic E-state index is 13.1. The minimum atomic E-state index is -1.34. The van der Waals surface area contributed by atoms with E-state index >= 15 is 0 Å². The molecule has 0 bridgehead atoms. The molecule has 0 unspecified atom stereocenters. The van der Waals surface area contributed by atoms with Crippen molar-refractivity contribution >= 4 is 17.6 Å². The first-order valence-electron chi connectivity index (χ1n) is 5.89. The molecule has 18 heavy (non-hydrogen) atoms. The van der Waals surface area contributed by atoms with E-state index in [0.717, 1.165) is 31.4 Å². The number of halogens is 1. The second-order valence-corrected chi connectivity index (χ2v) is 4.55. The van der Waals surface area contributed by atoms with Crippen LogP contribution in [0.15, 0.2) is 18.2 Å². The molecule has 0 aromatic heterocycles. The summed E-state index contributed by atoms with van der Waals surface area (Å²) in [6.07, 6.45) is 3.74. The summed E-state index contributed by atoms with van der Waals surface area (Å²) in [7, 11) is 0. The van der Waals surface area contributed by atoms with E-state index in [1.54, 1.807) is 0 Å². The Hall–Kier alpha value is -1.91. The highest BCUT2D eigenvalue weighted by Crippen LogP contribution is 2.29. The SMILES string of the molecule is O=C(CC1CCC1)Nc1ccc(F)c(C(=O)O)c1. The minimum Gasteiger partial charge on any atom is -0.478 e. The Morgan fingerprint density at radius 1 is 1.39 bits per heavy atom. The average molecular weight is 251 g/mol. The zero-order chi connectivity index (χ0) is 13.1. The lowest BCUT2D eigenvalue weighted by Gasteiger charge is -2.24. The van der Waals surface area contributed by atoms with E-state index in [1.807, 2.05) is 0 Å². The third-order valence-electron chi connectivity index (χ3n) is 3.18. The summed E-state index contributed by atoms with van der Waals surface area (Å²) >= 11 is 0. The number of rotatable bonds is 4. The topological polar surface area (TPSA) is 66.4 Å². The van der Waals surface area contributed by atoms with E-state index in [4.69, 9.17) is 5.11 Å². The lowest BCUT2D eigenvalue weighted by molar-refractivity contribution is -0.117. The van der Waals surface area contributed by atoms with Crippen molar-refractivity contribution in [2.45, 2.75) is 25.7 Å². The summed E-state index contributed by atoms with van der Waals surface area (Å²) < 4.78 is 13.1. The third kappa shape index (κ3) is 2.85. The van der Waals surface area contributed by atoms with E-state index in [1.165, 1.54) is 6.07 Å². The summed E-state index contributed by atoms with van der Waals surface area (Å²) in [5.41, 5.74) is -0.116. The Labute approximate surface area is 104 Å². The lowest BCUT2D eigenvalue weighted by atomic mass is 9.83. The molecular formula is C13H14FNO3. The van der Waals surface area contributed by atoms with Gasteiger partial charge in [-0.3, -0.25) is 4.79 Å². The van der Waals surface area contributed by atoms with Crippen molar-refractivity contribution < 1.29 is 19.1 Å². The number of hydrogen-bond donors (Lipinski definition) is 2. The Morgan fingerprint density at radius 2 is 2.11 bits per heavy atom. The molecule has 1 aliphatic carbocycles. The summed E-state index contributed by atoms with van der Waals surface area (Å²) in [6.45, 7) is 0. The van der Waals surface area contributed by atoms with Crippen molar-refractivity contribution in [2.75, 3.05) is 5.32 Å². The van der Waals surface area contributed by atoms with Gasteiger partial charge in [0.25, 0.3) is 0 Å². The van der Waals surface area contributed by atoms with Gasteiger partial charge in [0.05, 0.1) is 5.56 Å². The Bertz CT molecular complexity index is 483. The summed E-state index contributed by atoms with van der Waals surface area (Å²) in [5, 5.41) is 11.4.